The van der Waals surface area contributed by atoms with Crippen LogP contribution in [-0.2, 0) is 19.2 Å². The zero-order valence-corrected chi connectivity index (χ0v) is 15.4. The van der Waals surface area contributed by atoms with Crippen molar-refractivity contribution in [1.82, 2.24) is 31.9 Å². The van der Waals surface area contributed by atoms with Gasteiger partial charge in [0.2, 0.25) is 23.6 Å². The van der Waals surface area contributed by atoms with Crippen molar-refractivity contribution in [3.05, 3.63) is 25.3 Å². The first kappa shape index (κ1) is 32.9. The first-order valence-electron chi connectivity index (χ1n) is 8.04. The number of hydrogen-bond acceptors (Lipinski definition) is 6. The van der Waals surface area contributed by atoms with Crippen LogP contribution in [-0.4, -0.2) is 64.2 Å². The molecule has 0 fully saturated rings. The predicted octanol–water partition coefficient (Wildman–Crippen LogP) is -0.784. The molecule has 0 radical (unpaired) electrons. The molecule has 10 heteroatoms. The molecule has 0 rings (SSSR count). The van der Waals surface area contributed by atoms with E-state index in [1.165, 1.54) is 0 Å². The Labute approximate surface area is 169 Å². The molecule has 10 nitrogen and oxygen atoms in total. The molecule has 6 N–H and O–H groups in total. The summed E-state index contributed by atoms with van der Waals surface area (Å²) in [5.41, 5.74) is 0. The summed E-state index contributed by atoms with van der Waals surface area (Å²) in [5.74, 6) is -0.791. The van der Waals surface area contributed by atoms with Crippen molar-refractivity contribution >= 4 is 23.6 Å². The van der Waals surface area contributed by atoms with E-state index in [-0.39, 0.29) is 51.8 Å². The van der Waals surface area contributed by atoms with E-state index in [4.69, 9.17) is 0 Å². The van der Waals surface area contributed by atoms with Gasteiger partial charge in [0.25, 0.3) is 0 Å². The highest BCUT2D eigenvalue weighted by Gasteiger charge is 2.01. The van der Waals surface area contributed by atoms with E-state index in [9.17, 15) is 19.2 Å². The summed E-state index contributed by atoms with van der Waals surface area (Å²) >= 11 is 0. The molecule has 0 aromatic heterocycles. The van der Waals surface area contributed by atoms with E-state index in [1.54, 1.807) is 14.1 Å². The van der Waals surface area contributed by atoms with Gasteiger partial charge in [-0.05, 0) is 26.2 Å². The van der Waals surface area contributed by atoms with E-state index < -0.39 is 0 Å². The molecule has 0 spiro atoms. The summed E-state index contributed by atoms with van der Waals surface area (Å²) < 4.78 is 0. The maximum absolute atomic E-state index is 11.1. The topological polar surface area (TPSA) is 140 Å². The number of rotatable bonds is 12. The zero-order chi connectivity index (χ0) is 20.2. The van der Waals surface area contributed by atoms with Gasteiger partial charge >= 0.3 is 0 Å². The van der Waals surface area contributed by atoms with Crippen LogP contribution < -0.4 is 31.9 Å². The summed E-state index contributed by atoms with van der Waals surface area (Å²) in [4.78, 5) is 43.1. The van der Waals surface area contributed by atoms with Crippen LogP contribution in [0.2, 0.25) is 0 Å². The van der Waals surface area contributed by atoms with Gasteiger partial charge in [-0.3, -0.25) is 19.2 Å². The molecular weight excluding hydrogens is 364 g/mol. The lowest BCUT2D eigenvalue weighted by Crippen LogP contribution is -2.38. The second-order valence-electron chi connectivity index (χ2n) is 4.75. The minimum Gasteiger partial charge on any atom is -0.339 e. The zero-order valence-electron chi connectivity index (χ0n) is 15.4. The van der Waals surface area contributed by atoms with Gasteiger partial charge in [0.15, 0.2) is 0 Å². The van der Waals surface area contributed by atoms with Crippen LogP contribution in [0.4, 0.5) is 0 Å². The van der Waals surface area contributed by atoms with Gasteiger partial charge in [0, 0.05) is 25.9 Å². The number of carbonyl (C=O) groups is 4. The smallest absolute Gasteiger partial charge is 0.244 e. The Bertz CT molecular complexity index is 429. The summed E-state index contributed by atoms with van der Waals surface area (Å²) in [7, 11) is 3.57. The average molecular weight is 403 g/mol. The lowest BCUT2D eigenvalue weighted by Gasteiger charge is -2.06. The Hall–Kier alpha value is -2.72. The van der Waals surface area contributed by atoms with E-state index in [0.29, 0.717) is 25.9 Å². The molecule has 0 aliphatic heterocycles. The predicted molar refractivity (Wildman–Crippen MR) is 113 cm³/mol. The molecule has 0 atom stereocenters. The van der Waals surface area contributed by atoms with E-state index in [2.05, 4.69) is 45.1 Å². The molecule has 0 bridgehead atoms. The first-order chi connectivity index (χ1) is 12.4. The third-order valence-electron chi connectivity index (χ3n) is 2.67. The summed E-state index contributed by atoms with van der Waals surface area (Å²) in [6, 6.07) is 0. The Morgan fingerprint density at radius 2 is 1.00 bits per heavy atom. The van der Waals surface area contributed by atoms with Crippen molar-refractivity contribution < 1.29 is 19.2 Å². The van der Waals surface area contributed by atoms with Crippen molar-refractivity contribution in [2.45, 2.75) is 27.7 Å². The molecule has 0 unspecified atom stereocenters. The van der Waals surface area contributed by atoms with Crippen molar-refractivity contribution in [3.8, 4) is 0 Å². The SMILES string of the molecule is C.C.C=CC(=O)NCNC(=O)C=C.CNCCC(=O)NCNC(=O)CCNC. The molecule has 0 saturated carbocycles. The molecular formula is C18H38N6O4. The highest BCUT2D eigenvalue weighted by Crippen LogP contribution is 1.77. The molecule has 4 amide bonds. The van der Waals surface area contributed by atoms with E-state index >= 15 is 0 Å². The fourth-order valence-electron chi connectivity index (χ4n) is 1.26. The Morgan fingerprint density at radius 3 is 1.29 bits per heavy atom. The van der Waals surface area contributed by atoms with Gasteiger partial charge in [0.05, 0.1) is 13.3 Å². The molecule has 0 heterocycles. The quantitative estimate of drug-likeness (QED) is 0.187. The monoisotopic (exact) mass is 402 g/mol. The lowest BCUT2D eigenvalue weighted by atomic mass is 10.4. The summed E-state index contributed by atoms with van der Waals surface area (Å²) in [5, 5.41) is 15.6. The Kier molecular flexibility index (Phi) is 28.5. The molecule has 0 saturated heterocycles. The van der Waals surface area contributed by atoms with Crippen LogP contribution >= 0.6 is 0 Å². The molecule has 28 heavy (non-hydrogen) atoms. The van der Waals surface area contributed by atoms with Gasteiger partial charge in [0.1, 0.15) is 0 Å². The van der Waals surface area contributed by atoms with Crippen LogP contribution in [0.3, 0.4) is 0 Å². The molecule has 0 aliphatic carbocycles. The highest BCUT2D eigenvalue weighted by molar-refractivity contribution is 5.89. The maximum atomic E-state index is 11.1. The van der Waals surface area contributed by atoms with E-state index in [1.807, 2.05) is 0 Å². The first-order valence-corrected chi connectivity index (χ1v) is 8.04. The Balaban J connectivity index is -0.000000200. The van der Waals surface area contributed by atoms with Crippen molar-refractivity contribution in [2.75, 3.05) is 40.5 Å². The fraction of sp³-hybridized carbons (Fsp3) is 0.556. The van der Waals surface area contributed by atoms with Crippen molar-refractivity contribution in [2.24, 2.45) is 0 Å². The third-order valence-corrected chi connectivity index (χ3v) is 2.67. The maximum Gasteiger partial charge on any atom is 0.244 e. The van der Waals surface area contributed by atoms with Crippen LogP contribution in [0.25, 0.3) is 0 Å². The minimum atomic E-state index is -0.325. The molecule has 0 aliphatic rings. The average Bonchev–Trinajstić information content (AvgIpc) is 2.64. The van der Waals surface area contributed by atoms with Crippen molar-refractivity contribution in [3.63, 3.8) is 0 Å². The van der Waals surface area contributed by atoms with Gasteiger partial charge < -0.3 is 31.9 Å². The van der Waals surface area contributed by atoms with Crippen LogP contribution in [0.5, 0.6) is 0 Å². The summed E-state index contributed by atoms with van der Waals surface area (Å²) in [6.07, 6.45) is 3.09. The van der Waals surface area contributed by atoms with Gasteiger partial charge in [-0.25, -0.2) is 0 Å². The van der Waals surface area contributed by atoms with E-state index in [0.717, 1.165) is 12.2 Å². The summed E-state index contributed by atoms with van der Waals surface area (Å²) in [6.45, 7) is 8.04. The number of nitrogens with one attached hydrogen (secondary N) is 6. The lowest BCUT2D eigenvalue weighted by molar-refractivity contribution is -0.123. The molecule has 164 valence electrons. The second-order valence-corrected chi connectivity index (χ2v) is 4.75. The highest BCUT2D eigenvalue weighted by atomic mass is 16.2. The Morgan fingerprint density at radius 1 is 0.679 bits per heavy atom. The van der Waals surface area contributed by atoms with Crippen molar-refractivity contribution in [1.29, 1.82) is 0 Å². The van der Waals surface area contributed by atoms with Crippen LogP contribution in [0.15, 0.2) is 25.3 Å². The molecule has 0 aromatic rings. The standard InChI is InChI=1S/C9H20N4O2.C7H10N2O2.2CH4/c1-10-5-3-8(14)12-7-13-9(15)4-6-11-2;1-3-6(10)8-5-9-7(11)4-2;;/h10-11H,3-7H2,1-2H3,(H,12,14)(H,13,15);3-4H,1-2,5H2,(H,8,10)(H,9,11);2*1H4. The number of amides is 4. The van der Waals surface area contributed by atoms with Crippen LogP contribution in [0.1, 0.15) is 27.7 Å². The van der Waals surface area contributed by atoms with Gasteiger partial charge in [-0.15, -0.1) is 0 Å². The normalized spacial score (nSPS) is 8.36. The van der Waals surface area contributed by atoms with Gasteiger partial charge in [-0.1, -0.05) is 28.0 Å². The fourth-order valence-corrected chi connectivity index (χ4v) is 1.26. The van der Waals surface area contributed by atoms with Crippen LogP contribution in [0, 0.1) is 0 Å². The number of hydrogen-bond donors (Lipinski definition) is 6. The minimum absolute atomic E-state index is 0. The second kappa shape index (κ2) is 24.3. The van der Waals surface area contributed by atoms with Gasteiger partial charge in [-0.2, -0.15) is 0 Å². The molecule has 0 aromatic carbocycles. The third kappa shape index (κ3) is 25.5. The number of carbonyl (C=O) groups excluding carboxylic acids is 4. The largest absolute Gasteiger partial charge is 0.339 e.